The number of carbonyl (C=O) groups is 1. The maximum Gasteiger partial charge on any atom is 0.314 e. The van der Waals surface area contributed by atoms with Crippen molar-refractivity contribution >= 4 is 17.5 Å². The summed E-state index contributed by atoms with van der Waals surface area (Å²) in [5.74, 6) is 0.430. The molecule has 0 bridgehead atoms. The van der Waals surface area contributed by atoms with Crippen LogP contribution in [0.5, 0.6) is 6.01 Å². The van der Waals surface area contributed by atoms with Gasteiger partial charge in [-0.3, -0.25) is 4.79 Å². The number of rotatable bonds is 5. The Labute approximate surface area is 163 Å². The van der Waals surface area contributed by atoms with Crippen molar-refractivity contribution in [2.75, 3.05) is 14.2 Å². The van der Waals surface area contributed by atoms with E-state index < -0.39 is 0 Å². The van der Waals surface area contributed by atoms with Crippen LogP contribution >= 0.6 is 11.6 Å². The van der Waals surface area contributed by atoms with Gasteiger partial charge >= 0.3 is 6.01 Å². The van der Waals surface area contributed by atoms with Crippen LogP contribution in [0.2, 0.25) is 5.02 Å². The number of methoxy groups -OCH3 is 1. The molecule has 0 radical (unpaired) electrons. The molecule has 0 saturated heterocycles. The summed E-state index contributed by atoms with van der Waals surface area (Å²) in [6.45, 7) is 1.98. The summed E-state index contributed by atoms with van der Waals surface area (Å²) in [6, 6.07) is 15.1. The molecular formula is C20H21ClN4O2. The number of benzene rings is 2. The van der Waals surface area contributed by atoms with Gasteiger partial charge in [-0.2, -0.15) is 4.98 Å². The molecule has 1 atom stereocenters. The first-order valence-electron chi connectivity index (χ1n) is 8.48. The molecule has 0 fully saturated rings. The van der Waals surface area contributed by atoms with Gasteiger partial charge in [0, 0.05) is 30.2 Å². The van der Waals surface area contributed by atoms with E-state index in [1.54, 1.807) is 42.9 Å². The average molecular weight is 385 g/mol. The van der Waals surface area contributed by atoms with Crippen molar-refractivity contribution in [1.82, 2.24) is 19.7 Å². The van der Waals surface area contributed by atoms with Gasteiger partial charge in [-0.15, -0.1) is 5.10 Å². The van der Waals surface area contributed by atoms with Crippen molar-refractivity contribution in [3.8, 4) is 17.4 Å². The van der Waals surface area contributed by atoms with Crippen LogP contribution in [-0.4, -0.2) is 39.7 Å². The Morgan fingerprint density at radius 2 is 1.93 bits per heavy atom. The van der Waals surface area contributed by atoms with Crippen molar-refractivity contribution in [1.29, 1.82) is 0 Å². The van der Waals surface area contributed by atoms with Gasteiger partial charge in [0.25, 0.3) is 5.91 Å². The lowest BCUT2D eigenvalue weighted by atomic mass is 10.1. The van der Waals surface area contributed by atoms with Crippen LogP contribution in [0.1, 0.15) is 28.9 Å². The van der Waals surface area contributed by atoms with E-state index in [1.165, 1.54) is 0 Å². The van der Waals surface area contributed by atoms with Crippen molar-refractivity contribution in [2.45, 2.75) is 13.0 Å². The third-order valence-electron chi connectivity index (χ3n) is 4.53. The molecule has 0 saturated carbocycles. The van der Waals surface area contributed by atoms with E-state index in [4.69, 9.17) is 16.3 Å². The van der Waals surface area contributed by atoms with Gasteiger partial charge in [-0.1, -0.05) is 35.9 Å². The minimum Gasteiger partial charge on any atom is -0.467 e. The van der Waals surface area contributed by atoms with Crippen LogP contribution in [0.4, 0.5) is 0 Å². The van der Waals surface area contributed by atoms with E-state index in [9.17, 15) is 4.79 Å². The van der Waals surface area contributed by atoms with E-state index in [2.05, 4.69) is 10.1 Å². The molecule has 1 heterocycles. The molecule has 1 aromatic heterocycles. The zero-order valence-corrected chi connectivity index (χ0v) is 16.4. The van der Waals surface area contributed by atoms with Gasteiger partial charge < -0.3 is 9.64 Å². The summed E-state index contributed by atoms with van der Waals surface area (Å²) in [6.07, 6.45) is 0. The third kappa shape index (κ3) is 3.95. The Bertz CT molecular complexity index is 953. The van der Waals surface area contributed by atoms with Gasteiger partial charge in [0.2, 0.25) is 0 Å². The minimum absolute atomic E-state index is 0.0813. The van der Waals surface area contributed by atoms with E-state index in [0.717, 1.165) is 11.1 Å². The van der Waals surface area contributed by atoms with E-state index in [0.29, 0.717) is 22.4 Å². The molecule has 1 unspecified atom stereocenters. The summed E-state index contributed by atoms with van der Waals surface area (Å²) in [7, 11) is 5.09. The maximum absolute atomic E-state index is 13.0. The van der Waals surface area contributed by atoms with Gasteiger partial charge in [0.1, 0.15) is 0 Å². The summed E-state index contributed by atoms with van der Waals surface area (Å²) in [4.78, 5) is 19.0. The van der Waals surface area contributed by atoms with Gasteiger partial charge in [-0.25, -0.2) is 4.68 Å². The zero-order valence-electron chi connectivity index (χ0n) is 15.7. The largest absolute Gasteiger partial charge is 0.467 e. The van der Waals surface area contributed by atoms with Gasteiger partial charge in [0.15, 0.2) is 5.82 Å². The molecule has 6 nitrogen and oxygen atoms in total. The van der Waals surface area contributed by atoms with Gasteiger partial charge in [-0.05, 0) is 36.8 Å². The first-order chi connectivity index (χ1) is 12.9. The smallest absolute Gasteiger partial charge is 0.314 e. The minimum atomic E-state index is -0.0912. The number of carbonyl (C=O) groups excluding carboxylic acids is 1. The summed E-state index contributed by atoms with van der Waals surface area (Å²) >= 11 is 5.95. The standard InChI is InChI=1S/C20H21ClN4O2/c1-13(14-8-10-17(21)11-9-14)24(2)19(26)16-7-5-6-15(12-16)18-22-20(27-4)25(3)23-18/h5-13H,1-4H3. The molecule has 0 spiro atoms. The second-order valence-electron chi connectivity index (χ2n) is 6.27. The number of ether oxygens (including phenoxy) is 1. The molecule has 3 rings (SSSR count). The summed E-state index contributed by atoms with van der Waals surface area (Å²) in [5, 5.41) is 5.00. The molecule has 0 aliphatic carbocycles. The molecule has 0 aliphatic heterocycles. The molecule has 140 valence electrons. The van der Waals surface area contributed by atoms with E-state index in [-0.39, 0.29) is 11.9 Å². The number of aromatic nitrogens is 3. The SMILES string of the molecule is COc1nc(-c2cccc(C(=O)N(C)C(C)c3ccc(Cl)cc3)c2)nn1C. The molecule has 1 amide bonds. The van der Waals surface area contributed by atoms with E-state index >= 15 is 0 Å². The topological polar surface area (TPSA) is 60.2 Å². The van der Waals surface area contributed by atoms with Crippen molar-refractivity contribution in [3.05, 3.63) is 64.7 Å². The number of hydrogen-bond acceptors (Lipinski definition) is 4. The number of nitrogens with zero attached hydrogens (tertiary/aromatic N) is 4. The fourth-order valence-corrected chi connectivity index (χ4v) is 2.93. The normalized spacial score (nSPS) is 11.9. The lowest BCUT2D eigenvalue weighted by Crippen LogP contribution is -2.29. The average Bonchev–Trinajstić information content (AvgIpc) is 3.07. The number of aryl methyl sites for hydroxylation is 1. The highest BCUT2D eigenvalue weighted by Gasteiger charge is 2.20. The van der Waals surface area contributed by atoms with Crippen molar-refractivity contribution < 1.29 is 9.53 Å². The van der Waals surface area contributed by atoms with E-state index in [1.807, 2.05) is 43.3 Å². The number of halogens is 1. The third-order valence-corrected chi connectivity index (χ3v) is 4.78. The van der Waals surface area contributed by atoms with Crippen LogP contribution in [0.25, 0.3) is 11.4 Å². The second kappa shape index (κ2) is 7.80. The number of amides is 1. The highest BCUT2D eigenvalue weighted by Crippen LogP contribution is 2.24. The Morgan fingerprint density at radius 1 is 1.22 bits per heavy atom. The number of hydrogen-bond donors (Lipinski definition) is 0. The fourth-order valence-electron chi connectivity index (χ4n) is 2.81. The highest BCUT2D eigenvalue weighted by atomic mass is 35.5. The Kier molecular flexibility index (Phi) is 5.46. The van der Waals surface area contributed by atoms with Crippen molar-refractivity contribution in [3.63, 3.8) is 0 Å². The fraction of sp³-hybridized carbons (Fsp3) is 0.250. The first kappa shape index (κ1) is 18.9. The lowest BCUT2D eigenvalue weighted by Gasteiger charge is -2.25. The summed E-state index contributed by atoms with van der Waals surface area (Å²) < 4.78 is 6.71. The van der Waals surface area contributed by atoms with Crippen molar-refractivity contribution in [2.24, 2.45) is 7.05 Å². The lowest BCUT2D eigenvalue weighted by molar-refractivity contribution is 0.0742. The molecule has 2 aromatic carbocycles. The van der Waals surface area contributed by atoms with Crippen LogP contribution in [0.3, 0.4) is 0 Å². The Morgan fingerprint density at radius 3 is 2.56 bits per heavy atom. The van der Waals surface area contributed by atoms with Crippen LogP contribution < -0.4 is 4.74 Å². The zero-order chi connectivity index (χ0) is 19.6. The first-order valence-corrected chi connectivity index (χ1v) is 8.86. The highest BCUT2D eigenvalue weighted by molar-refractivity contribution is 6.30. The predicted molar refractivity (Wildman–Crippen MR) is 105 cm³/mol. The maximum atomic E-state index is 13.0. The second-order valence-corrected chi connectivity index (χ2v) is 6.71. The predicted octanol–water partition coefficient (Wildman–Crippen LogP) is 3.98. The van der Waals surface area contributed by atoms with Crippen LogP contribution in [0.15, 0.2) is 48.5 Å². The quantitative estimate of drug-likeness (QED) is 0.667. The van der Waals surface area contributed by atoms with Crippen LogP contribution in [-0.2, 0) is 7.05 Å². The Balaban J connectivity index is 1.85. The summed E-state index contributed by atoms with van der Waals surface area (Å²) in [5.41, 5.74) is 2.34. The van der Waals surface area contributed by atoms with Crippen LogP contribution in [0, 0.1) is 0 Å². The molecule has 0 N–H and O–H groups in total. The molecular weight excluding hydrogens is 364 g/mol. The molecule has 27 heavy (non-hydrogen) atoms. The molecule has 0 aliphatic rings. The molecule has 3 aromatic rings. The van der Waals surface area contributed by atoms with Gasteiger partial charge in [0.05, 0.1) is 13.2 Å². The monoisotopic (exact) mass is 384 g/mol. The molecule has 7 heteroatoms. The Hall–Kier alpha value is -2.86.